The summed E-state index contributed by atoms with van der Waals surface area (Å²) in [5.41, 5.74) is 14.7. The van der Waals surface area contributed by atoms with E-state index >= 15 is 0 Å². The van der Waals surface area contributed by atoms with Crippen LogP contribution in [-0.2, 0) is 0 Å². The summed E-state index contributed by atoms with van der Waals surface area (Å²) >= 11 is 1.86. The molecule has 14 rings (SSSR count). The first-order valence-corrected chi connectivity index (χ1v) is 25.0. The van der Waals surface area contributed by atoms with Gasteiger partial charge in [0.25, 0.3) is 0 Å². The second-order valence-electron chi connectivity index (χ2n) is 18.4. The molecule has 71 heavy (non-hydrogen) atoms. The van der Waals surface area contributed by atoms with Crippen LogP contribution in [0.3, 0.4) is 0 Å². The Bertz CT molecular complexity index is 4230. The largest absolute Gasteiger partial charge is 0.456 e. The van der Waals surface area contributed by atoms with E-state index in [0.717, 1.165) is 39.4 Å². The summed E-state index contributed by atoms with van der Waals surface area (Å²) < 4.78 is 8.92. The van der Waals surface area contributed by atoms with Crippen LogP contribution in [0.15, 0.2) is 265 Å². The molecule has 0 spiro atoms. The second kappa shape index (κ2) is 16.9. The molecule has 0 N–H and O–H groups in total. The van der Waals surface area contributed by atoms with Crippen LogP contribution in [0.5, 0.6) is 0 Å². The summed E-state index contributed by atoms with van der Waals surface area (Å²) in [5, 5.41) is 11.5. The highest BCUT2D eigenvalue weighted by Crippen LogP contribution is 2.41. The fourth-order valence-corrected chi connectivity index (χ4v) is 11.7. The first-order valence-electron chi connectivity index (χ1n) is 24.2. The Morgan fingerprint density at radius 2 is 0.620 bits per heavy atom. The molecule has 0 saturated heterocycles. The maximum atomic E-state index is 6.26. The van der Waals surface area contributed by atoms with Crippen molar-refractivity contribution in [2.24, 2.45) is 0 Å². The Morgan fingerprint density at radius 3 is 1.15 bits per heavy atom. The van der Waals surface area contributed by atoms with E-state index in [9.17, 15) is 0 Å². The molecule has 2 nitrogen and oxygen atoms in total. The molecule has 0 aliphatic rings. The van der Waals surface area contributed by atoms with Crippen LogP contribution in [0.1, 0.15) is 0 Å². The fourth-order valence-electron chi connectivity index (χ4n) is 10.7. The number of furan rings is 1. The van der Waals surface area contributed by atoms with Crippen molar-refractivity contribution in [1.29, 1.82) is 0 Å². The van der Waals surface area contributed by atoms with Crippen molar-refractivity contribution in [3.05, 3.63) is 261 Å². The number of fused-ring (bicyclic) bond motifs is 10. The third kappa shape index (κ3) is 7.26. The third-order valence-electron chi connectivity index (χ3n) is 14.3. The van der Waals surface area contributed by atoms with Gasteiger partial charge < -0.3 is 9.32 Å². The Hall–Kier alpha value is -9.02. The summed E-state index contributed by atoms with van der Waals surface area (Å²) in [6.07, 6.45) is 0. The predicted octanol–water partition coefficient (Wildman–Crippen LogP) is 20.1. The fraction of sp³-hybridized carbons (Fsp3) is 0. The van der Waals surface area contributed by atoms with Gasteiger partial charge in [-0.2, -0.15) is 0 Å². The zero-order valence-corrected chi connectivity index (χ0v) is 39.4. The number of rotatable bonds is 8. The van der Waals surface area contributed by atoms with Gasteiger partial charge in [-0.25, -0.2) is 0 Å². The number of thiophene rings is 1. The third-order valence-corrected chi connectivity index (χ3v) is 15.5. The molecule has 12 aromatic carbocycles. The van der Waals surface area contributed by atoms with Crippen molar-refractivity contribution in [1.82, 2.24) is 0 Å². The van der Waals surface area contributed by atoms with Crippen molar-refractivity contribution in [3.8, 4) is 55.8 Å². The summed E-state index contributed by atoms with van der Waals surface area (Å²) in [6.45, 7) is 0. The van der Waals surface area contributed by atoms with E-state index in [1.165, 1.54) is 97.0 Å². The highest BCUT2D eigenvalue weighted by atomic mass is 32.1. The van der Waals surface area contributed by atoms with Crippen LogP contribution in [0.25, 0.3) is 119 Å². The molecule has 14 aromatic rings. The van der Waals surface area contributed by atoms with E-state index in [1.807, 2.05) is 29.5 Å². The lowest BCUT2D eigenvalue weighted by Crippen LogP contribution is -2.09. The van der Waals surface area contributed by atoms with Gasteiger partial charge in [-0.15, -0.1) is 11.3 Å². The van der Waals surface area contributed by atoms with E-state index in [0.29, 0.717) is 0 Å². The number of para-hydroxylation sites is 1. The molecule has 0 atom stereocenters. The van der Waals surface area contributed by atoms with Crippen molar-refractivity contribution < 1.29 is 4.42 Å². The van der Waals surface area contributed by atoms with Gasteiger partial charge in [-0.3, -0.25) is 0 Å². The predicted molar refractivity (Wildman–Crippen MR) is 303 cm³/mol. The molecule has 2 heterocycles. The molecule has 2 aromatic heterocycles. The molecule has 0 radical (unpaired) electrons. The number of benzene rings is 12. The molecule has 0 saturated carbocycles. The molecule has 0 amide bonds. The van der Waals surface area contributed by atoms with Crippen molar-refractivity contribution in [2.45, 2.75) is 0 Å². The highest BCUT2D eigenvalue weighted by Gasteiger charge is 2.16. The lowest BCUT2D eigenvalue weighted by molar-refractivity contribution is 0.631. The minimum atomic E-state index is 0.860. The Labute approximate surface area is 415 Å². The monoisotopic (exact) mass is 921 g/mol. The summed E-state index contributed by atoms with van der Waals surface area (Å²) in [5.74, 6) is 0.860. The van der Waals surface area contributed by atoms with Crippen molar-refractivity contribution in [3.63, 3.8) is 0 Å². The van der Waals surface area contributed by atoms with E-state index in [1.54, 1.807) is 0 Å². The van der Waals surface area contributed by atoms with Crippen LogP contribution in [-0.4, -0.2) is 0 Å². The first-order chi connectivity index (χ1) is 35.1. The van der Waals surface area contributed by atoms with Crippen LogP contribution in [0.4, 0.5) is 17.1 Å². The van der Waals surface area contributed by atoms with Gasteiger partial charge in [-0.05, 0) is 162 Å². The van der Waals surface area contributed by atoms with Crippen LogP contribution in [0, 0.1) is 0 Å². The average Bonchev–Trinajstić information content (AvgIpc) is 4.06. The van der Waals surface area contributed by atoms with Gasteiger partial charge in [0.1, 0.15) is 11.3 Å². The minimum absolute atomic E-state index is 0.860. The molecule has 0 unspecified atom stereocenters. The SMILES string of the molecule is c1ccc2oc(-c3ccc(N(c4ccc(-c5ccc(-c6ccc7sc8ccccc8c7c6)cc5)cc4)c4ccc(-c5ccc(-c6ccc7c8ccccc8c8ccccc8c7c6)cc5)cc4)cc3)cc2c1. The lowest BCUT2D eigenvalue weighted by Gasteiger charge is -2.26. The quantitative estimate of drug-likeness (QED) is 0.141. The van der Waals surface area contributed by atoms with Gasteiger partial charge >= 0.3 is 0 Å². The summed E-state index contributed by atoms with van der Waals surface area (Å²) in [6, 6.07) is 94.9. The molecule has 3 heteroatoms. The molecular formula is C68H43NOS. The van der Waals surface area contributed by atoms with Crippen LogP contribution >= 0.6 is 11.3 Å². The minimum Gasteiger partial charge on any atom is -0.456 e. The number of hydrogen-bond donors (Lipinski definition) is 0. The summed E-state index contributed by atoms with van der Waals surface area (Å²) in [7, 11) is 0. The van der Waals surface area contributed by atoms with Gasteiger partial charge in [-0.1, -0.05) is 176 Å². The number of nitrogens with zero attached hydrogens (tertiary/aromatic N) is 1. The van der Waals surface area contributed by atoms with Crippen molar-refractivity contribution in [2.75, 3.05) is 4.90 Å². The number of anilines is 3. The Balaban J connectivity index is 0.767. The zero-order valence-electron chi connectivity index (χ0n) is 38.6. The normalized spacial score (nSPS) is 11.7. The van der Waals surface area contributed by atoms with Crippen LogP contribution in [0.2, 0.25) is 0 Å². The molecular weight excluding hydrogens is 879 g/mol. The van der Waals surface area contributed by atoms with Crippen molar-refractivity contribution >= 4 is 91.9 Å². The standard InChI is InChI=1S/C68H43NOS/c1-7-15-65-53(9-1)43-66(70-65)50-29-37-56(38-30-50)69(55-35-27-47(28-36-55)45-19-23-49(24-20-45)52-32-40-68-64(42-52)62-14-6-8-16-67(62)71-68)54-33-25-46(26-34-54)44-17-21-48(22-18-44)51-31-39-61-59-12-3-2-10-57(59)58-11-4-5-13-60(58)63(61)41-51/h1-43H. The molecule has 332 valence electrons. The van der Waals surface area contributed by atoms with E-state index < -0.39 is 0 Å². The highest BCUT2D eigenvalue weighted by molar-refractivity contribution is 7.25. The molecule has 0 aliphatic heterocycles. The molecule has 0 bridgehead atoms. The second-order valence-corrected chi connectivity index (χ2v) is 19.5. The van der Waals surface area contributed by atoms with Gasteiger partial charge in [0.2, 0.25) is 0 Å². The van der Waals surface area contributed by atoms with Crippen LogP contribution < -0.4 is 4.90 Å². The maximum absolute atomic E-state index is 6.26. The van der Waals surface area contributed by atoms with E-state index in [4.69, 9.17) is 4.42 Å². The van der Waals surface area contributed by atoms with Gasteiger partial charge in [0.15, 0.2) is 0 Å². The van der Waals surface area contributed by atoms with Gasteiger partial charge in [0, 0.05) is 48.2 Å². The molecule has 0 fully saturated rings. The Morgan fingerprint density at radius 1 is 0.254 bits per heavy atom. The number of hydrogen-bond acceptors (Lipinski definition) is 3. The average molecular weight is 922 g/mol. The molecule has 0 aliphatic carbocycles. The van der Waals surface area contributed by atoms with Gasteiger partial charge in [0.05, 0.1) is 0 Å². The summed E-state index contributed by atoms with van der Waals surface area (Å²) in [4.78, 5) is 2.33. The maximum Gasteiger partial charge on any atom is 0.135 e. The van der Waals surface area contributed by atoms with E-state index in [-0.39, 0.29) is 0 Å². The topological polar surface area (TPSA) is 16.4 Å². The lowest BCUT2D eigenvalue weighted by atomic mass is 9.92. The zero-order chi connectivity index (χ0) is 46.8. The van der Waals surface area contributed by atoms with E-state index in [2.05, 4.69) is 248 Å². The Kier molecular flexibility index (Phi) is 9.75. The first kappa shape index (κ1) is 41.0. The smallest absolute Gasteiger partial charge is 0.135 e.